The maximum Gasteiger partial charge on any atom is 0.170 e. The van der Waals surface area contributed by atoms with Gasteiger partial charge in [0.1, 0.15) is 0 Å². The fourth-order valence-corrected chi connectivity index (χ4v) is 4.61. The van der Waals surface area contributed by atoms with Crippen LogP contribution < -0.4 is 4.90 Å². The van der Waals surface area contributed by atoms with E-state index in [1.54, 1.807) is 23.1 Å². The molecule has 1 aliphatic heterocycles. The molecule has 1 aliphatic rings. The summed E-state index contributed by atoms with van der Waals surface area (Å²) >= 11 is 15.4. The molecule has 132 valence electrons. The molecule has 2 aromatic carbocycles. The van der Waals surface area contributed by atoms with Gasteiger partial charge in [0, 0.05) is 21.5 Å². The molecule has 0 fully saturated rings. The van der Waals surface area contributed by atoms with E-state index in [1.807, 2.05) is 41.9 Å². The van der Waals surface area contributed by atoms with Crippen molar-refractivity contribution < 1.29 is 0 Å². The summed E-state index contributed by atoms with van der Waals surface area (Å²) in [7, 11) is 0. The van der Waals surface area contributed by atoms with Gasteiger partial charge < -0.3 is 4.90 Å². The zero-order valence-corrected chi connectivity index (χ0v) is 16.9. The Morgan fingerprint density at radius 3 is 2.42 bits per heavy atom. The van der Waals surface area contributed by atoms with Gasteiger partial charge in [-0.25, -0.2) is 9.98 Å². The van der Waals surface area contributed by atoms with E-state index in [-0.39, 0.29) is 0 Å². The number of halogens is 2. The Bertz CT molecular complexity index is 921. The van der Waals surface area contributed by atoms with Crippen LogP contribution >= 0.6 is 46.3 Å². The van der Waals surface area contributed by atoms with E-state index < -0.39 is 0 Å². The van der Waals surface area contributed by atoms with E-state index in [1.165, 1.54) is 10.4 Å². The Balaban J connectivity index is 1.52. The molecule has 0 radical (unpaired) electrons. The van der Waals surface area contributed by atoms with Gasteiger partial charge in [-0.2, -0.15) is 0 Å². The van der Waals surface area contributed by atoms with Gasteiger partial charge in [0.25, 0.3) is 0 Å². The lowest BCUT2D eigenvalue weighted by molar-refractivity contribution is 1.00. The first-order chi connectivity index (χ1) is 12.7. The summed E-state index contributed by atoms with van der Waals surface area (Å²) in [6.07, 6.45) is 0.958. The van der Waals surface area contributed by atoms with Crippen molar-refractivity contribution in [3.8, 4) is 0 Å². The topological polar surface area (TPSA) is 28.5 Å². The van der Waals surface area contributed by atoms with E-state index in [4.69, 9.17) is 28.2 Å². The van der Waals surface area contributed by atoms with Crippen LogP contribution in [-0.4, -0.2) is 15.9 Å². The van der Waals surface area contributed by atoms with Gasteiger partial charge in [-0.1, -0.05) is 47.1 Å². The van der Waals surface area contributed by atoms with Crippen LogP contribution in [0.5, 0.6) is 0 Å². The lowest BCUT2D eigenvalue weighted by atomic mass is 10.2. The lowest BCUT2D eigenvalue weighted by Gasteiger charge is -2.28. The van der Waals surface area contributed by atoms with Gasteiger partial charge in [0.05, 0.1) is 16.9 Å². The van der Waals surface area contributed by atoms with Gasteiger partial charge in [-0.05, 0) is 48.4 Å². The van der Waals surface area contributed by atoms with Crippen LogP contribution in [0.15, 0.2) is 59.0 Å². The van der Waals surface area contributed by atoms with Crippen LogP contribution in [0.2, 0.25) is 10.0 Å². The number of thioether (sulfide) groups is 1. The molecule has 0 N–H and O–H groups in total. The maximum absolute atomic E-state index is 6.04. The highest BCUT2D eigenvalue weighted by Crippen LogP contribution is 2.34. The number of hydrogen-bond acceptors (Lipinski definition) is 5. The van der Waals surface area contributed by atoms with Gasteiger partial charge >= 0.3 is 0 Å². The van der Waals surface area contributed by atoms with Crippen LogP contribution in [0.1, 0.15) is 10.4 Å². The molecule has 0 unspecified atom stereocenters. The Kier molecular flexibility index (Phi) is 5.50. The van der Waals surface area contributed by atoms with Crippen molar-refractivity contribution in [3.05, 3.63) is 74.5 Å². The zero-order valence-electron chi connectivity index (χ0n) is 13.7. The Labute approximate surface area is 170 Å². The Morgan fingerprint density at radius 1 is 1.00 bits per heavy atom. The highest BCUT2D eigenvalue weighted by atomic mass is 35.5. The van der Waals surface area contributed by atoms with Crippen molar-refractivity contribution >= 4 is 63.0 Å². The van der Waals surface area contributed by atoms with Gasteiger partial charge in [-0.15, -0.1) is 11.3 Å². The summed E-state index contributed by atoms with van der Waals surface area (Å²) in [5.74, 6) is 1.78. The van der Waals surface area contributed by atoms with E-state index in [0.29, 0.717) is 0 Å². The van der Waals surface area contributed by atoms with Crippen LogP contribution in [-0.2, 0) is 13.0 Å². The number of benzene rings is 2. The second-order valence-electron chi connectivity index (χ2n) is 5.78. The second-order valence-corrected chi connectivity index (χ2v) is 8.66. The summed E-state index contributed by atoms with van der Waals surface area (Å²) < 4.78 is 0. The van der Waals surface area contributed by atoms with Gasteiger partial charge in [-0.3, -0.25) is 0 Å². The molecule has 0 spiro atoms. The van der Waals surface area contributed by atoms with Crippen LogP contribution in [0.4, 0.5) is 11.5 Å². The Morgan fingerprint density at radius 2 is 1.69 bits per heavy atom. The molecule has 3 nitrogen and oxygen atoms in total. The summed E-state index contributed by atoms with van der Waals surface area (Å²) in [5.41, 5.74) is 4.21. The number of thiazole rings is 1. The molecule has 0 bridgehead atoms. The second kappa shape index (κ2) is 8.01. The van der Waals surface area contributed by atoms with Gasteiger partial charge in [0.15, 0.2) is 11.0 Å². The minimum atomic E-state index is 0.734. The van der Waals surface area contributed by atoms with Crippen molar-refractivity contribution in [2.45, 2.75) is 13.0 Å². The minimum Gasteiger partial charge on any atom is -0.315 e. The van der Waals surface area contributed by atoms with Crippen molar-refractivity contribution in [3.63, 3.8) is 0 Å². The normalized spacial score (nSPS) is 13.5. The molecule has 0 amide bonds. The van der Waals surface area contributed by atoms with E-state index in [9.17, 15) is 0 Å². The predicted octanol–water partition coefficient (Wildman–Crippen LogP) is 6.43. The third-order valence-corrected chi connectivity index (χ3v) is 6.32. The molecule has 1 aromatic heterocycles. The zero-order chi connectivity index (χ0) is 17.9. The van der Waals surface area contributed by atoms with E-state index >= 15 is 0 Å². The largest absolute Gasteiger partial charge is 0.315 e. The first-order valence-electron chi connectivity index (χ1n) is 8.10. The minimum absolute atomic E-state index is 0.734. The number of hydrogen-bond donors (Lipinski definition) is 0. The average Bonchev–Trinajstić information content (AvgIpc) is 3.11. The van der Waals surface area contributed by atoms with Crippen molar-refractivity contribution in [2.75, 3.05) is 10.7 Å². The number of amidine groups is 1. The monoisotopic (exact) mass is 419 g/mol. The summed E-state index contributed by atoms with van der Waals surface area (Å²) in [4.78, 5) is 12.6. The number of rotatable bonds is 4. The molecule has 0 aliphatic carbocycles. The molecule has 26 heavy (non-hydrogen) atoms. The van der Waals surface area contributed by atoms with E-state index in [2.05, 4.69) is 22.0 Å². The lowest BCUT2D eigenvalue weighted by Crippen LogP contribution is -2.30. The third-order valence-electron chi connectivity index (χ3n) is 4.03. The first-order valence-corrected chi connectivity index (χ1v) is 10.7. The molecule has 3 aromatic rings. The van der Waals surface area contributed by atoms with Gasteiger partial charge in [0.2, 0.25) is 0 Å². The fourth-order valence-electron chi connectivity index (χ4n) is 2.67. The van der Waals surface area contributed by atoms with Crippen molar-refractivity contribution in [2.24, 2.45) is 4.99 Å². The van der Waals surface area contributed by atoms with Crippen LogP contribution in [0, 0.1) is 0 Å². The average molecular weight is 420 g/mol. The van der Waals surface area contributed by atoms with Crippen molar-refractivity contribution in [1.82, 2.24) is 4.98 Å². The fraction of sp³-hybridized carbons (Fsp3) is 0.158. The molecule has 0 saturated carbocycles. The molecule has 0 saturated heterocycles. The van der Waals surface area contributed by atoms with Crippen LogP contribution in [0.3, 0.4) is 0 Å². The predicted molar refractivity (Wildman–Crippen MR) is 114 cm³/mol. The molecular formula is C19H15Cl2N3S2. The number of fused-ring (bicyclic) bond motifs is 1. The van der Waals surface area contributed by atoms with Crippen molar-refractivity contribution in [1.29, 1.82) is 0 Å². The molecule has 7 heteroatoms. The summed E-state index contributed by atoms with van der Waals surface area (Å²) in [6, 6.07) is 15.9. The molecule has 4 rings (SSSR count). The highest BCUT2D eigenvalue weighted by molar-refractivity contribution is 8.14. The quantitative estimate of drug-likeness (QED) is 0.487. The summed E-state index contributed by atoms with van der Waals surface area (Å²) in [6.45, 7) is 0.786. The number of aromatic nitrogens is 1. The number of anilines is 1. The van der Waals surface area contributed by atoms with E-state index in [0.717, 1.165) is 45.4 Å². The number of aliphatic imine (C=N–C) groups is 1. The third kappa shape index (κ3) is 4.07. The maximum atomic E-state index is 6.04. The summed E-state index contributed by atoms with van der Waals surface area (Å²) in [5, 5.41) is 2.47. The number of aryl methyl sites for hydroxylation is 1. The van der Waals surface area contributed by atoms with Crippen LogP contribution in [0.25, 0.3) is 0 Å². The smallest absolute Gasteiger partial charge is 0.170 e. The molecule has 2 heterocycles. The standard InChI is InChI=1S/C19H15Cl2N3S2/c20-14-3-1-13(2-4-14)9-10-25-19-23-18-17(26-12-22-18)11-24(19)16-7-5-15(21)6-8-16/h1-8,12H,9-11H2. The molecule has 0 atom stereocenters. The number of nitrogens with zero attached hydrogens (tertiary/aromatic N) is 3. The highest BCUT2D eigenvalue weighted by Gasteiger charge is 2.23. The Hall–Kier alpha value is -1.53. The SMILES string of the molecule is Clc1ccc(CCSC2=Nc3ncsc3CN2c2ccc(Cl)cc2)cc1. The molecular weight excluding hydrogens is 405 g/mol. The first kappa shape index (κ1) is 17.9.